The number of carbonyl (C=O) groups excluding carboxylic acids is 1. The van der Waals surface area contributed by atoms with Gasteiger partial charge in [0.15, 0.2) is 14.6 Å². The molecule has 2 atom stereocenters. The minimum atomic E-state index is -3.84. The lowest BCUT2D eigenvalue weighted by atomic mass is 9.96. The van der Waals surface area contributed by atoms with E-state index in [1.807, 2.05) is 0 Å². The fourth-order valence-corrected chi connectivity index (χ4v) is 7.33. The Morgan fingerprint density at radius 2 is 1.81 bits per heavy atom. The Balaban J connectivity index is 1.53. The van der Waals surface area contributed by atoms with Gasteiger partial charge in [-0.1, -0.05) is 24.4 Å². The topological polar surface area (TPSA) is 84.9 Å². The van der Waals surface area contributed by atoms with E-state index in [9.17, 15) is 13.2 Å². The molecule has 3 aliphatic rings. The molecule has 9 heteroatoms. The van der Waals surface area contributed by atoms with E-state index in [-0.39, 0.29) is 16.8 Å². The van der Waals surface area contributed by atoms with E-state index < -0.39 is 14.6 Å². The van der Waals surface area contributed by atoms with E-state index in [4.69, 9.17) is 21.1 Å². The van der Waals surface area contributed by atoms with Crippen LogP contribution in [0.2, 0.25) is 5.02 Å². The van der Waals surface area contributed by atoms with Crippen LogP contribution < -0.4 is 5.32 Å². The van der Waals surface area contributed by atoms with Crippen LogP contribution in [-0.2, 0) is 24.1 Å². The lowest BCUT2D eigenvalue weighted by Crippen LogP contribution is -2.56. The predicted molar refractivity (Wildman–Crippen MR) is 118 cm³/mol. The third-order valence-corrected chi connectivity index (χ3v) is 9.73. The molecule has 4 rings (SSSR count). The number of benzene rings is 1. The van der Waals surface area contributed by atoms with E-state index in [1.165, 1.54) is 12.1 Å². The normalized spacial score (nSPS) is 25.4. The zero-order valence-electron chi connectivity index (χ0n) is 17.7. The molecule has 2 heterocycles. The zero-order valence-corrected chi connectivity index (χ0v) is 19.3. The average Bonchev–Trinajstić information content (AvgIpc) is 3.48. The predicted octanol–water partition coefficient (Wildman–Crippen LogP) is 2.28. The number of nitrogens with zero attached hydrogens (tertiary/aromatic N) is 1. The number of hydrogen-bond acceptors (Lipinski definition) is 6. The van der Waals surface area contributed by atoms with Crippen molar-refractivity contribution in [3.63, 3.8) is 0 Å². The van der Waals surface area contributed by atoms with E-state index in [0.29, 0.717) is 50.1 Å². The number of ether oxygens (including phenoxy) is 2. The number of morpholine rings is 1. The van der Waals surface area contributed by atoms with Crippen LogP contribution in [0.1, 0.15) is 32.1 Å². The first-order valence-corrected chi connectivity index (χ1v) is 13.0. The van der Waals surface area contributed by atoms with Crippen molar-refractivity contribution in [1.82, 2.24) is 10.2 Å². The summed E-state index contributed by atoms with van der Waals surface area (Å²) in [5.74, 6) is -0.0528. The SMILES string of the molecule is O=C(NCC(C1CCOC1)N1CCOCC1)C1(S(=O)(=O)c2ccc(Cl)cc2)CCCC1. The van der Waals surface area contributed by atoms with Crippen LogP contribution in [0.15, 0.2) is 29.2 Å². The van der Waals surface area contributed by atoms with E-state index in [2.05, 4.69) is 10.2 Å². The summed E-state index contributed by atoms with van der Waals surface area (Å²) in [5, 5.41) is 3.51. The molecule has 2 saturated heterocycles. The Labute approximate surface area is 189 Å². The van der Waals surface area contributed by atoms with Gasteiger partial charge in [-0.25, -0.2) is 8.42 Å². The Bertz CT molecular complexity index is 858. The summed E-state index contributed by atoms with van der Waals surface area (Å²) in [6.45, 7) is 4.79. The molecular weight excluding hydrogens is 440 g/mol. The summed E-state index contributed by atoms with van der Waals surface area (Å²) in [7, 11) is -3.84. The molecule has 2 unspecified atom stereocenters. The van der Waals surface area contributed by atoms with Gasteiger partial charge in [0.25, 0.3) is 0 Å². The van der Waals surface area contributed by atoms with Crippen LogP contribution in [0.4, 0.5) is 0 Å². The summed E-state index contributed by atoms with van der Waals surface area (Å²) in [6, 6.07) is 6.23. The lowest BCUT2D eigenvalue weighted by molar-refractivity contribution is -0.124. The fraction of sp³-hybridized carbons (Fsp3) is 0.682. The number of halogens is 1. The van der Waals surface area contributed by atoms with Crippen LogP contribution in [0.25, 0.3) is 0 Å². The van der Waals surface area contributed by atoms with Crippen molar-refractivity contribution in [2.75, 3.05) is 46.1 Å². The van der Waals surface area contributed by atoms with Crippen molar-refractivity contribution in [2.24, 2.45) is 5.92 Å². The number of nitrogens with one attached hydrogen (secondary N) is 1. The summed E-state index contributed by atoms with van der Waals surface area (Å²) < 4.78 is 36.8. The fourth-order valence-electron chi connectivity index (χ4n) is 5.12. The van der Waals surface area contributed by atoms with Crippen LogP contribution >= 0.6 is 11.6 Å². The maximum atomic E-state index is 13.6. The number of sulfone groups is 1. The van der Waals surface area contributed by atoms with Gasteiger partial charge in [0.05, 0.1) is 24.7 Å². The minimum absolute atomic E-state index is 0.118. The van der Waals surface area contributed by atoms with Gasteiger partial charge in [-0.15, -0.1) is 0 Å². The highest BCUT2D eigenvalue weighted by atomic mass is 35.5. The first kappa shape index (κ1) is 23.0. The van der Waals surface area contributed by atoms with Crippen molar-refractivity contribution in [1.29, 1.82) is 0 Å². The standard InChI is InChI=1S/C22H31ClN2O5S/c23-18-3-5-19(6-4-18)31(27,28)22(8-1-2-9-22)21(26)24-15-20(17-7-12-30-16-17)25-10-13-29-14-11-25/h3-6,17,20H,1-2,7-16H2,(H,24,26). The van der Waals surface area contributed by atoms with Crippen molar-refractivity contribution in [3.8, 4) is 0 Å². The smallest absolute Gasteiger partial charge is 0.241 e. The molecule has 0 aromatic heterocycles. The Hall–Kier alpha value is -1.19. The molecule has 0 bridgehead atoms. The Kier molecular flexibility index (Phi) is 7.23. The van der Waals surface area contributed by atoms with Gasteiger partial charge in [0, 0.05) is 43.2 Å². The molecule has 2 aliphatic heterocycles. The summed E-state index contributed by atoms with van der Waals surface area (Å²) in [6.07, 6.45) is 3.09. The zero-order chi connectivity index (χ0) is 21.9. The first-order valence-electron chi connectivity index (χ1n) is 11.1. The molecule has 1 amide bonds. The van der Waals surface area contributed by atoms with E-state index in [0.717, 1.165) is 39.0 Å². The van der Waals surface area contributed by atoms with Crippen molar-refractivity contribution in [3.05, 3.63) is 29.3 Å². The molecule has 1 saturated carbocycles. The Morgan fingerprint density at radius 1 is 1.13 bits per heavy atom. The number of amides is 1. The van der Waals surface area contributed by atoms with E-state index >= 15 is 0 Å². The van der Waals surface area contributed by atoms with Crippen LogP contribution in [0, 0.1) is 5.92 Å². The van der Waals surface area contributed by atoms with Crippen LogP contribution in [-0.4, -0.2) is 76.1 Å². The van der Waals surface area contributed by atoms with Gasteiger partial charge in [-0.2, -0.15) is 0 Å². The van der Waals surface area contributed by atoms with Crippen LogP contribution in [0.3, 0.4) is 0 Å². The molecule has 1 aromatic carbocycles. The van der Waals surface area contributed by atoms with Gasteiger partial charge in [-0.05, 0) is 43.5 Å². The number of carbonyl (C=O) groups is 1. The second-order valence-electron chi connectivity index (χ2n) is 8.71. The molecule has 172 valence electrons. The molecule has 7 nitrogen and oxygen atoms in total. The average molecular weight is 471 g/mol. The minimum Gasteiger partial charge on any atom is -0.381 e. The largest absolute Gasteiger partial charge is 0.381 e. The molecule has 1 aliphatic carbocycles. The number of rotatable bonds is 7. The first-order chi connectivity index (χ1) is 14.9. The maximum absolute atomic E-state index is 13.6. The van der Waals surface area contributed by atoms with Gasteiger partial charge in [0.2, 0.25) is 5.91 Å². The second-order valence-corrected chi connectivity index (χ2v) is 11.4. The van der Waals surface area contributed by atoms with Crippen molar-refractivity contribution >= 4 is 27.3 Å². The van der Waals surface area contributed by atoms with Crippen molar-refractivity contribution < 1.29 is 22.7 Å². The summed E-state index contributed by atoms with van der Waals surface area (Å²) in [5.41, 5.74) is 0. The lowest BCUT2D eigenvalue weighted by Gasteiger charge is -2.38. The molecule has 31 heavy (non-hydrogen) atoms. The highest BCUT2D eigenvalue weighted by Gasteiger charge is 2.53. The molecule has 0 spiro atoms. The molecule has 3 fully saturated rings. The van der Waals surface area contributed by atoms with Gasteiger partial charge in [-0.3, -0.25) is 9.69 Å². The van der Waals surface area contributed by atoms with E-state index in [1.54, 1.807) is 12.1 Å². The molecular formula is C22H31ClN2O5S. The summed E-state index contributed by atoms with van der Waals surface area (Å²) in [4.78, 5) is 16.0. The maximum Gasteiger partial charge on any atom is 0.241 e. The third kappa shape index (κ3) is 4.64. The quantitative estimate of drug-likeness (QED) is 0.658. The monoisotopic (exact) mass is 470 g/mol. The number of hydrogen-bond donors (Lipinski definition) is 1. The van der Waals surface area contributed by atoms with Gasteiger partial charge in [0.1, 0.15) is 0 Å². The van der Waals surface area contributed by atoms with Crippen LogP contribution in [0.5, 0.6) is 0 Å². The Morgan fingerprint density at radius 3 is 2.42 bits per heavy atom. The highest BCUT2D eigenvalue weighted by Crippen LogP contribution is 2.41. The third-order valence-electron chi connectivity index (χ3n) is 6.96. The molecule has 1 aromatic rings. The molecule has 1 N–H and O–H groups in total. The highest BCUT2D eigenvalue weighted by molar-refractivity contribution is 7.93. The second kappa shape index (κ2) is 9.75. The molecule has 0 radical (unpaired) electrons. The van der Waals surface area contributed by atoms with Crippen molar-refractivity contribution in [2.45, 2.75) is 47.8 Å². The van der Waals surface area contributed by atoms with Gasteiger partial charge < -0.3 is 14.8 Å². The summed E-state index contributed by atoms with van der Waals surface area (Å²) >= 11 is 5.94. The van der Waals surface area contributed by atoms with Gasteiger partial charge >= 0.3 is 0 Å².